The lowest BCUT2D eigenvalue weighted by atomic mass is 10.0. The summed E-state index contributed by atoms with van der Waals surface area (Å²) in [5, 5.41) is 19.4. The molecular formula is C15H14O4. The van der Waals surface area contributed by atoms with Crippen molar-refractivity contribution in [3.8, 4) is 23.0 Å². The number of hydrogen-bond acceptors (Lipinski definition) is 4. The number of phenolic OH excluding ortho intramolecular Hbond substituents is 2. The number of benzene rings is 2. The van der Waals surface area contributed by atoms with Crippen LogP contribution in [0.2, 0.25) is 0 Å². The van der Waals surface area contributed by atoms with Crippen LogP contribution in [0.5, 0.6) is 23.0 Å². The number of phenols is 2. The van der Waals surface area contributed by atoms with Crippen LogP contribution in [0.1, 0.15) is 11.1 Å². The van der Waals surface area contributed by atoms with Crippen molar-refractivity contribution in [2.45, 2.75) is 12.8 Å². The summed E-state index contributed by atoms with van der Waals surface area (Å²) in [6, 6.07) is 10.5. The van der Waals surface area contributed by atoms with Crippen LogP contribution in [0.4, 0.5) is 0 Å². The second-order valence-corrected chi connectivity index (χ2v) is 4.46. The van der Waals surface area contributed by atoms with Crippen molar-refractivity contribution < 1.29 is 19.7 Å². The van der Waals surface area contributed by atoms with E-state index in [4.69, 9.17) is 9.47 Å². The van der Waals surface area contributed by atoms with E-state index < -0.39 is 0 Å². The first-order valence-electron chi connectivity index (χ1n) is 6.12. The van der Waals surface area contributed by atoms with Gasteiger partial charge in [-0.25, -0.2) is 0 Å². The van der Waals surface area contributed by atoms with Crippen LogP contribution in [-0.2, 0) is 12.8 Å². The van der Waals surface area contributed by atoms with Crippen LogP contribution in [0, 0.1) is 0 Å². The van der Waals surface area contributed by atoms with Gasteiger partial charge >= 0.3 is 0 Å². The van der Waals surface area contributed by atoms with Crippen molar-refractivity contribution >= 4 is 0 Å². The van der Waals surface area contributed by atoms with Crippen molar-refractivity contribution in [2.24, 2.45) is 0 Å². The van der Waals surface area contributed by atoms with Gasteiger partial charge in [-0.2, -0.15) is 0 Å². The molecule has 4 heteroatoms. The zero-order chi connectivity index (χ0) is 13.2. The van der Waals surface area contributed by atoms with Crippen LogP contribution >= 0.6 is 0 Å². The normalized spacial score (nSPS) is 12.6. The lowest BCUT2D eigenvalue weighted by molar-refractivity contribution is 0.174. The minimum absolute atomic E-state index is 0.126. The fourth-order valence-corrected chi connectivity index (χ4v) is 2.18. The molecule has 2 aromatic carbocycles. The van der Waals surface area contributed by atoms with Gasteiger partial charge in [0.2, 0.25) is 6.79 Å². The predicted molar refractivity (Wildman–Crippen MR) is 69.7 cm³/mol. The molecule has 1 aliphatic rings. The first kappa shape index (κ1) is 11.7. The Labute approximate surface area is 110 Å². The van der Waals surface area contributed by atoms with E-state index in [0.717, 1.165) is 17.1 Å². The first-order chi connectivity index (χ1) is 9.24. The number of rotatable bonds is 3. The van der Waals surface area contributed by atoms with E-state index in [1.807, 2.05) is 18.2 Å². The van der Waals surface area contributed by atoms with Gasteiger partial charge in [-0.3, -0.25) is 0 Å². The molecular weight excluding hydrogens is 244 g/mol. The molecule has 2 N–H and O–H groups in total. The Morgan fingerprint density at radius 2 is 1.63 bits per heavy atom. The zero-order valence-corrected chi connectivity index (χ0v) is 10.3. The number of fused-ring (bicyclic) bond motifs is 1. The molecule has 1 aliphatic heterocycles. The minimum Gasteiger partial charge on any atom is -0.508 e. The maximum absolute atomic E-state index is 9.72. The fourth-order valence-electron chi connectivity index (χ4n) is 2.18. The topological polar surface area (TPSA) is 58.9 Å². The Kier molecular flexibility index (Phi) is 2.91. The predicted octanol–water partition coefficient (Wildman–Crippen LogP) is 2.61. The van der Waals surface area contributed by atoms with Crippen molar-refractivity contribution in [1.82, 2.24) is 0 Å². The zero-order valence-electron chi connectivity index (χ0n) is 10.3. The molecule has 98 valence electrons. The first-order valence-corrected chi connectivity index (χ1v) is 6.12. The monoisotopic (exact) mass is 258 g/mol. The third-order valence-corrected chi connectivity index (χ3v) is 3.23. The van der Waals surface area contributed by atoms with Crippen LogP contribution in [-0.4, -0.2) is 17.0 Å². The molecule has 1 heterocycles. The molecule has 0 unspecified atom stereocenters. The van der Waals surface area contributed by atoms with Crippen molar-refractivity contribution in [1.29, 1.82) is 0 Å². The standard InChI is InChI=1S/C15H14O4/c16-12-2-1-3-13(17)11(12)6-4-10-5-7-14-15(8-10)19-9-18-14/h1-3,5,7-8,16-17H,4,6,9H2. The highest BCUT2D eigenvalue weighted by atomic mass is 16.7. The van der Waals surface area contributed by atoms with Gasteiger partial charge in [0, 0.05) is 5.56 Å². The van der Waals surface area contributed by atoms with Gasteiger partial charge in [-0.05, 0) is 42.7 Å². The Hall–Kier alpha value is -2.36. The van der Waals surface area contributed by atoms with Gasteiger partial charge in [0.15, 0.2) is 11.5 Å². The molecule has 4 nitrogen and oxygen atoms in total. The molecule has 0 saturated carbocycles. The summed E-state index contributed by atoms with van der Waals surface area (Å²) in [6.07, 6.45) is 1.28. The molecule has 2 aromatic rings. The summed E-state index contributed by atoms with van der Waals surface area (Å²) >= 11 is 0. The highest BCUT2D eigenvalue weighted by molar-refractivity contribution is 5.46. The third-order valence-electron chi connectivity index (χ3n) is 3.23. The highest BCUT2D eigenvalue weighted by Crippen LogP contribution is 2.33. The average Bonchev–Trinajstić information content (AvgIpc) is 2.85. The van der Waals surface area contributed by atoms with Crippen molar-refractivity contribution in [2.75, 3.05) is 6.79 Å². The van der Waals surface area contributed by atoms with Gasteiger partial charge in [0.25, 0.3) is 0 Å². The van der Waals surface area contributed by atoms with E-state index >= 15 is 0 Å². The fraction of sp³-hybridized carbons (Fsp3) is 0.200. The molecule has 0 fully saturated rings. The molecule has 0 bridgehead atoms. The summed E-state index contributed by atoms with van der Waals surface area (Å²) in [4.78, 5) is 0. The smallest absolute Gasteiger partial charge is 0.231 e. The molecule has 0 atom stereocenters. The molecule has 19 heavy (non-hydrogen) atoms. The van der Waals surface area contributed by atoms with Gasteiger partial charge in [-0.15, -0.1) is 0 Å². The summed E-state index contributed by atoms with van der Waals surface area (Å²) < 4.78 is 10.6. The van der Waals surface area contributed by atoms with Crippen LogP contribution < -0.4 is 9.47 Å². The number of hydrogen-bond donors (Lipinski definition) is 2. The number of ether oxygens (including phenoxy) is 2. The largest absolute Gasteiger partial charge is 0.508 e. The lowest BCUT2D eigenvalue weighted by Crippen LogP contribution is -1.93. The molecule has 0 aromatic heterocycles. The number of aromatic hydroxyl groups is 2. The second kappa shape index (κ2) is 4.72. The van der Waals surface area contributed by atoms with Crippen molar-refractivity contribution in [3.63, 3.8) is 0 Å². The molecule has 3 rings (SSSR count). The maximum atomic E-state index is 9.72. The van der Waals surface area contributed by atoms with E-state index in [2.05, 4.69) is 0 Å². The Morgan fingerprint density at radius 1 is 0.895 bits per heavy atom. The van der Waals surface area contributed by atoms with E-state index in [-0.39, 0.29) is 18.3 Å². The van der Waals surface area contributed by atoms with Gasteiger partial charge in [0.05, 0.1) is 0 Å². The molecule has 0 aliphatic carbocycles. The summed E-state index contributed by atoms with van der Waals surface area (Å²) in [5.41, 5.74) is 1.65. The second-order valence-electron chi connectivity index (χ2n) is 4.46. The SMILES string of the molecule is Oc1cccc(O)c1CCc1ccc2c(c1)OCO2. The van der Waals surface area contributed by atoms with Gasteiger partial charge in [0.1, 0.15) is 11.5 Å². The van der Waals surface area contributed by atoms with Crippen molar-refractivity contribution in [3.05, 3.63) is 47.5 Å². The third kappa shape index (κ3) is 2.29. The number of aryl methyl sites for hydroxylation is 1. The summed E-state index contributed by atoms with van der Waals surface area (Å²) in [6.45, 7) is 0.263. The van der Waals surface area contributed by atoms with E-state index in [9.17, 15) is 10.2 Å². The summed E-state index contributed by atoms with van der Waals surface area (Å²) in [5.74, 6) is 1.76. The molecule has 0 radical (unpaired) electrons. The van der Waals surface area contributed by atoms with Gasteiger partial charge < -0.3 is 19.7 Å². The van der Waals surface area contributed by atoms with E-state index in [1.54, 1.807) is 18.2 Å². The molecule has 0 saturated heterocycles. The Morgan fingerprint density at radius 3 is 2.42 bits per heavy atom. The Bertz CT molecular complexity index is 587. The molecule has 0 spiro atoms. The highest BCUT2D eigenvalue weighted by Gasteiger charge is 2.14. The Balaban J connectivity index is 1.76. The summed E-state index contributed by atoms with van der Waals surface area (Å²) in [7, 11) is 0. The quantitative estimate of drug-likeness (QED) is 0.888. The van der Waals surface area contributed by atoms with Crippen LogP contribution in [0.3, 0.4) is 0 Å². The lowest BCUT2D eigenvalue weighted by Gasteiger charge is -2.07. The minimum atomic E-state index is 0.126. The van der Waals surface area contributed by atoms with E-state index in [1.165, 1.54) is 0 Å². The molecule has 0 amide bonds. The van der Waals surface area contributed by atoms with Crippen LogP contribution in [0.15, 0.2) is 36.4 Å². The van der Waals surface area contributed by atoms with Gasteiger partial charge in [-0.1, -0.05) is 12.1 Å². The van der Waals surface area contributed by atoms with Crippen LogP contribution in [0.25, 0.3) is 0 Å². The average molecular weight is 258 g/mol. The van der Waals surface area contributed by atoms with E-state index in [0.29, 0.717) is 18.4 Å². The maximum Gasteiger partial charge on any atom is 0.231 e.